The van der Waals surface area contributed by atoms with E-state index in [0.29, 0.717) is 6.54 Å². The van der Waals surface area contributed by atoms with E-state index in [1.54, 1.807) is 23.3 Å². The van der Waals surface area contributed by atoms with Gasteiger partial charge in [0.25, 0.3) is 0 Å². The van der Waals surface area contributed by atoms with Crippen molar-refractivity contribution in [1.82, 2.24) is 9.97 Å². The molecule has 0 spiro atoms. The molecule has 2 heterocycles. The Balaban J connectivity index is 2.18. The third-order valence-electron chi connectivity index (χ3n) is 2.71. The van der Waals surface area contributed by atoms with Gasteiger partial charge in [-0.2, -0.15) is 4.98 Å². The summed E-state index contributed by atoms with van der Waals surface area (Å²) in [6.45, 7) is 0.613. The standard InChI is InChI=1S/C11H14N6O2S/c1-16(5-4-8-3-2-6-20-8)10-9(17(18)19)7-13-11(14-10)15-12/h2-3,6-7H,4-5,12H2,1H3,(H,13,14,15). The minimum absolute atomic E-state index is 0.141. The Morgan fingerprint density at radius 2 is 2.40 bits per heavy atom. The predicted octanol–water partition coefficient (Wildman–Crippen LogP) is 1.41. The number of hydrazine groups is 1. The summed E-state index contributed by atoms with van der Waals surface area (Å²) in [5, 5.41) is 13.0. The average Bonchev–Trinajstić information content (AvgIpc) is 2.97. The highest BCUT2D eigenvalue weighted by molar-refractivity contribution is 7.09. The molecule has 9 heteroatoms. The number of thiophene rings is 1. The van der Waals surface area contributed by atoms with Gasteiger partial charge in [-0.3, -0.25) is 15.5 Å². The lowest BCUT2D eigenvalue weighted by molar-refractivity contribution is -0.384. The Morgan fingerprint density at radius 1 is 1.60 bits per heavy atom. The van der Waals surface area contributed by atoms with Crippen molar-refractivity contribution in [2.24, 2.45) is 5.84 Å². The molecule has 0 atom stereocenters. The van der Waals surface area contributed by atoms with Crippen LogP contribution in [0.15, 0.2) is 23.7 Å². The lowest BCUT2D eigenvalue weighted by Crippen LogP contribution is -2.23. The molecule has 0 saturated carbocycles. The molecule has 0 aliphatic heterocycles. The summed E-state index contributed by atoms with van der Waals surface area (Å²) in [4.78, 5) is 21.3. The van der Waals surface area contributed by atoms with Crippen molar-refractivity contribution in [3.8, 4) is 0 Å². The quantitative estimate of drug-likeness (QED) is 0.471. The summed E-state index contributed by atoms with van der Waals surface area (Å²) in [6, 6.07) is 4.00. The first-order chi connectivity index (χ1) is 9.61. The first-order valence-electron chi connectivity index (χ1n) is 5.83. The van der Waals surface area contributed by atoms with Crippen LogP contribution in [-0.2, 0) is 6.42 Å². The second-order valence-corrected chi connectivity index (χ2v) is 5.09. The second kappa shape index (κ2) is 6.26. The first-order valence-corrected chi connectivity index (χ1v) is 6.71. The van der Waals surface area contributed by atoms with Gasteiger partial charge in [-0.05, 0) is 17.9 Å². The number of nitro groups is 1. The molecule has 106 valence electrons. The van der Waals surface area contributed by atoms with Gasteiger partial charge in [-0.1, -0.05) is 6.07 Å². The average molecular weight is 294 g/mol. The number of nitrogens with zero attached hydrogens (tertiary/aromatic N) is 4. The highest BCUT2D eigenvalue weighted by Gasteiger charge is 2.20. The van der Waals surface area contributed by atoms with Crippen LogP contribution in [-0.4, -0.2) is 28.5 Å². The lowest BCUT2D eigenvalue weighted by atomic mass is 10.3. The molecular formula is C11H14N6O2S. The molecule has 20 heavy (non-hydrogen) atoms. The highest BCUT2D eigenvalue weighted by atomic mass is 32.1. The van der Waals surface area contributed by atoms with Crippen molar-refractivity contribution in [3.63, 3.8) is 0 Å². The van der Waals surface area contributed by atoms with Crippen LogP contribution < -0.4 is 16.2 Å². The van der Waals surface area contributed by atoms with E-state index >= 15 is 0 Å². The maximum atomic E-state index is 11.0. The van der Waals surface area contributed by atoms with Gasteiger partial charge in [-0.25, -0.2) is 10.8 Å². The Hall–Kier alpha value is -2.26. The normalized spacial score (nSPS) is 10.3. The maximum absolute atomic E-state index is 11.0. The smallest absolute Gasteiger partial charge is 0.329 e. The zero-order chi connectivity index (χ0) is 14.5. The molecule has 2 rings (SSSR count). The second-order valence-electron chi connectivity index (χ2n) is 4.05. The Morgan fingerprint density at radius 3 is 3.00 bits per heavy atom. The fourth-order valence-corrected chi connectivity index (χ4v) is 2.38. The van der Waals surface area contributed by atoms with E-state index in [0.717, 1.165) is 12.6 Å². The van der Waals surface area contributed by atoms with Crippen molar-refractivity contribution in [3.05, 3.63) is 38.7 Å². The van der Waals surface area contributed by atoms with Gasteiger partial charge in [0.2, 0.25) is 11.8 Å². The van der Waals surface area contributed by atoms with Crippen LogP contribution in [0.2, 0.25) is 0 Å². The van der Waals surface area contributed by atoms with Gasteiger partial charge in [0, 0.05) is 18.5 Å². The molecule has 0 radical (unpaired) electrons. The van der Waals surface area contributed by atoms with E-state index < -0.39 is 4.92 Å². The monoisotopic (exact) mass is 294 g/mol. The SMILES string of the molecule is CN(CCc1cccs1)c1nc(NN)ncc1[N+](=O)[O-]. The summed E-state index contributed by atoms with van der Waals surface area (Å²) in [5.74, 6) is 5.63. The molecule has 0 amide bonds. The maximum Gasteiger partial charge on any atom is 0.329 e. The third kappa shape index (κ3) is 3.19. The third-order valence-corrected chi connectivity index (χ3v) is 3.65. The number of nitrogens with two attached hydrogens (primary N) is 1. The number of aromatic nitrogens is 2. The van der Waals surface area contributed by atoms with E-state index in [1.807, 2.05) is 17.5 Å². The van der Waals surface area contributed by atoms with Crippen LogP contribution in [0, 0.1) is 10.1 Å². The molecule has 0 aliphatic carbocycles. The number of anilines is 2. The van der Waals surface area contributed by atoms with E-state index in [-0.39, 0.29) is 17.5 Å². The topological polar surface area (TPSA) is 110 Å². The molecule has 0 aliphatic rings. The molecule has 0 unspecified atom stereocenters. The number of hydrogen-bond donors (Lipinski definition) is 2. The Labute approximate surface area is 119 Å². The van der Waals surface area contributed by atoms with Crippen molar-refractivity contribution >= 4 is 28.8 Å². The predicted molar refractivity (Wildman–Crippen MR) is 77.8 cm³/mol. The zero-order valence-electron chi connectivity index (χ0n) is 10.8. The van der Waals surface area contributed by atoms with Gasteiger partial charge in [0.1, 0.15) is 6.20 Å². The molecular weight excluding hydrogens is 280 g/mol. The molecule has 0 aromatic carbocycles. The number of nitrogen functional groups attached to an aromatic ring is 1. The van der Waals surface area contributed by atoms with E-state index in [4.69, 9.17) is 5.84 Å². The van der Waals surface area contributed by atoms with Crippen molar-refractivity contribution in [2.45, 2.75) is 6.42 Å². The van der Waals surface area contributed by atoms with Crippen molar-refractivity contribution in [1.29, 1.82) is 0 Å². The summed E-state index contributed by atoms with van der Waals surface area (Å²) in [6.07, 6.45) is 1.94. The van der Waals surface area contributed by atoms with Gasteiger partial charge in [0.05, 0.1) is 4.92 Å². The summed E-state index contributed by atoms with van der Waals surface area (Å²) < 4.78 is 0. The van der Waals surface area contributed by atoms with E-state index in [2.05, 4.69) is 15.4 Å². The Bertz CT molecular complexity index is 589. The largest absolute Gasteiger partial charge is 0.353 e. The molecule has 2 aromatic rings. The van der Waals surface area contributed by atoms with E-state index in [9.17, 15) is 10.1 Å². The van der Waals surface area contributed by atoms with Crippen molar-refractivity contribution < 1.29 is 4.92 Å². The first kappa shape index (κ1) is 14.2. The molecule has 8 nitrogen and oxygen atoms in total. The lowest BCUT2D eigenvalue weighted by Gasteiger charge is -2.17. The van der Waals surface area contributed by atoms with Crippen LogP contribution in [0.3, 0.4) is 0 Å². The fraction of sp³-hybridized carbons (Fsp3) is 0.273. The Kier molecular flexibility index (Phi) is 4.43. The molecule has 0 saturated heterocycles. The van der Waals surface area contributed by atoms with Crippen LogP contribution in [0.4, 0.5) is 17.5 Å². The van der Waals surface area contributed by atoms with E-state index in [1.165, 1.54) is 4.88 Å². The number of rotatable bonds is 6. The number of hydrogen-bond acceptors (Lipinski definition) is 8. The van der Waals surface area contributed by atoms with Crippen LogP contribution in [0.5, 0.6) is 0 Å². The summed E-state index contributed by atoms with van der Waals surface area (Å²) in [7, 11) is 1.75. The van der Waals surface area contributed by atoms with Crippen molar-refractivity contribution in [2.75, 3.05) is 23.9 Å². The summed E-state index contributed by atoms with van der Waals surface area (Å²) in [5.41, 5.74) is 2.15. The molecule has 0 fully saturated rings. The van der Waals surface area contributed by atoms with Gasteiger partial charge < -0.3 is 4.90 Å². The van der Waals surface area contributed by atoms with Gasteiger partial charge in [-0.15, -0.1) is 11.3 Å². The zero-order valence-corrected chi connectivity index (χ0v) is 11.6. The fourth-order valence-electron chi connectivity index (χ4n) is 1.68. The number of likely N-dealkylation sites (N-methyl/N-ethyl adjacent to an activating group) is 1. The van der Waals surface area contributed by atoms with Gasteiger partial charge >= 0.3 is 5.69 Å². The van der Waals surface area contributed by atoms with Crippen LogP contribution >= 0.6 is 11.3 Å². The highest BCUT2D eigenvalue weighted by Crippen LogP contribution is 2.25. The van der Waals surface area contributed by atoms with Crippen LogP contribution in [0.25, 0.3) is 0 Å². The minimum atomic E-state index is -0.503. The number of nitrogens with one attached hydrogen (secondary N) is 1. The minimum Gasteiger partial charge on any atom is -0.353 e. The van der Waals surface area contributed by atoms with Gasteiger partial charge in [0.15, 0.2) is 0 Å². The molecule has 0 bridgehead atoms. The van der Waals surface area contributed by atoms with Crippen LogP contribution in [0.1, 0.15) is 4.88 Å². The molecule has 3 N–H and O–H groups in total. The molecule has 2 aromatic heterocycles. The summed E-state index contributed by atoms with van der Waals surface area (Å²) >= 11 is 1.65.